The van der Waals surface area contributed by atoms with Gasteiger partial charge in [-0.25, -0.2) is 42.9 Å². The Labute approximate surface area is 564 Å². The molecule has 0 radical (unpaired) electrons. The summed E-state index contributed by atoms with van der Waals surface area (Å²) in [5, 5.41) is 45.4. The van der Waals surface area contributed by atoms with Crippen molar-refractivity contribution in [3.05, 3.63) is 155 Å². The summed E-state index contributed by atoms with van der Waals surface area (Å²) in [6, 6.07) is 36.2. The van der Waals surface area contributed by atoms with E-state index in [0.717, 1.165) is 11.1 Å². The molecule has 2 atom stereocenters. The first kappa shape index (κ1) is 79.3. The lowest BCUT2D eigenvalue weighted by molar-refractivity contribution is -0.143. The lowest BCUT2D eigenvalue weighted by atomic mass is 10.0. The molecule has 97 heavy (non-hydrogen) atoms. The maximum absolute atomic E-state index is 13.4. The molecular weight excluding hydrogens is 1260 g/mol. The molecule has 0 aliphatic carbocycles. The number of carboxylic acids is 1. The number of esters is 2. The third-order valence-corrected chi connectivity index (χ3v) is 13.0. The third-order valence-electron chi connectivity index (χ3n) is 13.0. The molecule has 4 aromatic carbocycles. The Hall–Kier alpha value is -10.1. The van der Waals surface area contributed by atoms with E-state index < -0.39 is 70.5 Å². The maximum atomic E-state index is 13.4. The summed E-state index contributed by atoms with van der Waals surface area (Å²) in [7, 11) is 0. The van der Waals surface area contributed by atoms with Gasteiger partial charge in [-0.3, -0.25) is 4.79 Å². The van der Waals surface area contributed by atoms with Crippen LogP contribution in [0.1, 0.15) is 157 Å². The zero-order valence-corrected chi connectivity index (χ0v) is 57.1. The number of unbranched alkanes of at least 4 members (excludes halogenated alkanes) is 2. The van der Waals surface area contributed by atoms with E-state index in [9.17, 15) is 38.4 Å². The number of amides is 5. The minimum atomic E-state index is -1.36. The molecule has 0 aliphatic rings. The molecule has 30 heteroatoms. The van der Waals surface area contributed by atoms with E-state index in [1.165, 1.54) is 18.5 Å². The summed E-state index contributed by atoms with van der Waals surface area (Å²) in [6.07, 6.45) is -0.173. The molecule has 0 spiro atoms. The van der Waals surface area contributed by atoms with Crippen molar-refractivity contribution >= 4 is 48.2 Å². The number of aliphatic carboxylic acids is 1. The number of carboxylic acid groups (broad SMARTS) is 1. The molecule has 5 amide bonds. The van der Waals surface area contributed by atoms with Crippen LogP contribution in [0.3, 0.4) is 0 Å². The highest BCUT2D eigenvalue weighted by atomic mass is 16.6. The summed E-state index contributed by atoms with van der Waals surface area (Å²) >= 11 is 0. The van der Waals surface area contributed by atoms with Gasteiger partial charge in [-0.2, -0.15) is 0 Å². The highest BCUT2D eigenvalue weighted by Crippen LogP contribution is 2.18. The standard InChI is InChI=1S/C33H45N7O8.C25H31N5O5.C9H17NO4/c1-32(2,3)48-31(44)36-33(4,5)29(42)35-26(23-45-22-24-14-8-6-9-15-24)27-37-38-39-40(27)19-21-47-30(43)34-18-12-13-20-46-28(41)25-16-10-7-11-17-25;1-20(18-33-19-21-10-4-2-5-11-21)23-27-28-29-30(23)15-17-35-25(32)26-14-8-9-16-34-24(31)22-12-6-3-7-13-22;1-8(2,3)14-7(13)10-9(4,5)6(11)12/h6-11,14-17,26H,12-13,18-23H2,1-5H3,(H,34,43)(H,35,42)(H,36,44);2-7,10-13,20H,8-9,14-19H2,1H3,(H,26,32);1-5H3,(H,10,13)(H,11,12)/t26-;20-;/m11./s1. The van der Waals surface area contributed by atoms with Crippen molar-refractivity contribution in [3.63, 3.8) is 0 Å². The predicted molar refractivity (Wildman–Crippen MR) is 352 cm³/mol. The number of carbonyl (C=O) groups is 8. The Morgan fingerprint density at radius 3 is 1.29 bits per heavy atom. The van der Waals surface area contributed by atoms with Crippen LogP contribution in [0.5, 0.6) is 0 Å². The molecule has 0 fully saturated rings. The normalized spacial score (nSPS) is 11.9. The Balaban J connectivity index is 0.000000355. The molecule has 6 rings (SSSR count). The van der Waals surface area contributed by atoms with E-state index in [-0.39, 0.29) is 57.3 Å². The molecule has 528 valence electrons. The Morgan fingerprint density at radius 2 is 0.866 bits per heavy atom. The lowest BCUT2D eigenvalue weighted by Gasteiger charge is -2.29. The van der Waals surface area contributed by atoms with Crippen LogP contribution < -0.4 is 26.6 Å². The van der Waals surface area contributed by atoms with Gasteiger partial charge in [0.1, 0.15) is 41.5 Å². The van der Waals surface area contributed by atoms with Crippen molar-refractivity contribution < 1.29 is 81.4 Å². The van der Waals surface area contributed by atoms with Gasteiger partial charge in [-0.15, -0.1) is 10.2 Å². The first-order valence-electron chi connectivity index (χ1n) is 31.6. The third kappa shape index (κ3) is 32.7. The number of nitrogens with one attached hydrogen (secondary N) is 5. The number of hydrogen-bond donors (Lipinski definition) is 6. The van der Waals surface area contributed by atoms with Gasteiger partial charge in [0.15, 0.2) is 11.6 Å². The summed E-state index contributed by atoms with van der Waals surface area (Å²) in [4.78, 5) is 95.5. The molecule has 30 nitrogen and oxygen atoms in total. The average Bonchev–Trinajstić information content (AvgIpc) is 1.83. The van der Waals surface area contributed by atoms with E-state index in [0.29, 0.717) is 82.1 Å². The van der Waals surface area contributed by atoms with Crippen LogP contribution in [0.4, 0.5) is 19.2 Å². The van der Waals surface area contributed by atoms with Crippen LogP contribution in [0.15, 0.2) is 121 Å². The molecule has 0 bridgehead atoms. The van der Waals surface area contributed by atoms with Crippen LogP contribution in [0.2, 0.25) is 0 Å². The average molecular weight is 1350 g/mol. The summed E-state index contributed by atoms with van der Waals surface area (Å²) in [6.45, 7) is 21.2. The van der Waals surface area contributed by atoms with Gasteiger partial charge in [0.25, 0.3) is 0 Å². The number of alkyl carbamates (subject to hydrolysis) is 4. The van der Waals surface area contributed by atoms with Crippen LogP contribution in [-0.4, -0.2) is 169 Å². The number of ether oxygens (including phenoxy) is 8. The fraction of sp³-hybridized carbons (Fsp3) is 0.493. The quantitative estimate of drug-likeness (QED) is 0.0128. The molecule has 6 aromatic rings. The molecule has 0 aliphatic heterocycles. The van der Waals surface area contributed by atoms with Gasteiger partial charge in [0.2, 0.25) is 5.91 Å². The van der Waals surface area contributed by atoms with Gasteiger partial charge >= 0.3 is 42.3 Å². The van der Waals surface area contributed by atoms with Crippen LogP contribution >= 0.6 is 0 Å². The Morgan fingerprint density at radius 1 is 0.474 bits per heavy atom. The van der Waals surface area contributed by atoms with Gasteiger partial charge in [0, 0.05) is 19.0 Å². The fourth-order valence-electron chi connectivity index (χ4n) is 7.99. The van der Waals surface area contributed by atoms with E-state index >= 15 is 0 Å². The second-order valence-electron chi connectivity index (χ2n) is 24.8. The first-order chi connectivity index (χ1) is 46.0. The summed E-state index contributed by atoms with van der Waals surface area (Å²) < 4.78 is 45.9. The Kier molecular flexibility index (Phi) is 33.5. The molecule has 0 saturated heterocycles. The number of rotatable bonds is 33. The van der Waals surface area contributed by atoms with E-state index in [2.05, 4.69) is 57.6 Å². The molecular formula is C67H93N13O17. The minimum absolute atomic E-state index is 0.00548. The first-order valence-corrected chi connectivity index (χ1v) is 31.6. The van der Waals surface area contributed by atoms with Gasteiger partial charge < -0.3 is 69.6 Å². The zero-order chi connectivity index (χ0) is 71.3. The number of benzene rings is 4. The Bertz CT molecular complexity index is 3340. The SMILES string of the molecule is CC(C)(C)OC(=O)NC(C)(C)C(=O)N[C@H](COCc1ccccc1)c1nnnn1CCOC(=O)NCCCCOC(=O)c1ccccc1.CC(C)(C)OC(=O)NC(C)(C)C(=O)O.C[C@H](COCc1ccccc1)c1nnnn1CCOC(=O)NCCCCOC(=O)c1ccccc1. The van der Waals surface area contributed by atoms with Crippen molar-refractivity contribution in [2.75, 3.05) is 52.7 Å². The van der Waals surface area contributed by atoms with Crippen LogP contribution in [-0.2, 0) is 73.8 Å². The lowest BCUT2D eigenvalue weighted by Crippen LogP contribution is -2.56. The van der Waals surface area contributed by atoms with E-state index in [4.69, 9.17) is 43.0 Å². The monoisotopic (exact) mass is 1350 g/mol. The molecule has 2 aromatic heterocycles. The molecule has 6 N–H and O–H groups in total. The number of nitrogens with zero attached hydrogens (tertiary/aromatic N) is 8. The van der Waals surface area contributed by atoms with E-state index in [1.54, 1.807) is 109 Å². The molecule has 0 saturated carbocycles. The smallest absolute Gasteiger partial charge is 0.408 e. The largest absolute Gasteiger partial charge is 0.480 e. The topological polar surface area (TPSA) is 378 Å². The van der Waals surface area contributed by atoms with Crippen molar-refractivity contribution in [2.45, 2.75) is 162 Å². The fourth-order valence-corrected chi connectivity index (χ4v) is 7.99. The second-order valence-corrected chi connectivity index (χ2v) is 24.8. The van der Waals surface area contributed by atoms with Gasteiger partial charge in [0.05, 0.1) is 63.9 Å². The van der Waals surface area contributed by atoms with Crippen molar-refractivity contribution in [2.24, 2.45) is 0 Å². The molecule has 0 unspecified atom stereocenters. The predicted octanol–water partition coefficient (Wildman–Crippen LogP) is 8.45. The number of tetrazole rings is 2. The minimum Gasteiger partial charge on any atom is -0.480 e. The highest BCUT2D eigenvalue weighted by molar-refractivity contribution is 5.90. The van der Waals surface area contributed by atoms with Gasteiger partial charge in [-0.05, 0) is 151 Å². The van der Waals surface area contributed by atoms with Crippen LogP contribution in [0.25, 0.3) is 0 Å². The van der Waals surface area contributed by atoms with Crippen molar-refractivity contribution in [1.29, 1.82) is 0 Å². The number of aromatic nitrogens is 8. The summed E-state index contributed by atoms with van der Waals surface area (Å²) in [5.41, 5.74) is -1.01. The summed E-state index contributed by atoms with van der Waals surface area (Å²) in [5.74, 6) is -1.46. The number of hydrogen-bond acceptors (Lipinski definition) is 22. The zero-order valence-electron chi connectivity index (χ0n) is 57.1. The number of carbonyl (C=O) groups excluding carboxylic acids is 7. The van der Waals surface area contributed by atoms with E-state index in [1.807, 2.05) is 79.7 Å². The highest BCUT2D eigenvalue weighted by Gasteiger charge is 2.35. The van der Waals surface area contributed by atoms with Gasteiger partial charge in [-0.1, -0.05) is 104 Å². The molecule has 2 heterocycles. The van der Waals surface area contributed by atoms with Crippen molar-refractivity contribution in [3.8, 4) is 0 Å². The maximum Gasteiger partial charge on any atom is 0.408 e. The second kappa shape index (κ2) is 41.0. The van der Waals surface area contributed by atoms with Crippen molar-refractivity contribution in [1.82, 2.24) is 67.0 Å². The van der Waals surface area contributed by atoms with Crippen LogP contribution in [0, 0.1) is 0 Å².